The SMILES string of the molecule is Cn1cc2cc(-c3nsc(C(N)=O)c3-c3ccccn3)ccc2n1. The van der Waals surface area contributed by atoms with E-state index in [1.165, 1.54) is 0 Å². The summed E-state index contributed by atoms with van der Waals surface area (Å²) in [5.74, 6) is -0.498. The Labute approximate surface area is 141 Å². The van der Waals surface area contributed by atoms with Crippen LogP contribution in [0.25, 0.3) is 33.4 Å². The Morgan fingerprint density at radius 1 is 1.25 bits per heavy atom. The summed E-state index contributed by atoms with van der Waals surface area (Å²) in [4.78, 5) is 16.6. The average Bonchev–Trinajstić information content (AvgIpc) is 3.17. The molecular weight excluding hydrogens is 322 g/mol. The van der Waals surface area contributed by atoms with E-state index in [0.29, 0.717) is 21.8 Å². The normalized spacial score (nSPS) is 11.0. The van der Waals surface area contributed by atoms with Gasteiger partial charge in [0.2, 0.25) is 0 Å². The maximum atomic E-state index is 11.8. The lowest BCUT2D eigenvalue weighted by Gasteiger charge is -2.04. The van der Waals surface area contributed by atoms with Gasteiger partial charge in [0.05, 0.1) is 22.5 Å². The zero-order chi connectivity index (χ0) is 16.7. The molecule has 0 unspecified atom stereocenters. The highest BCUT2D eigenvalue weighted by Crippen LogP contribution is 2.36. The van der Waals surface area contributed by atoms with Crippen molar-refractivity contribution in [2.45, 2.75) is 0 Å². The molecular formula is C17H13N5OS. The number of nitrogens with zero attached hydrogens (tertiary/aromatic N) is 4. The fourth-order valence-corrected chi connectivity index (χ4v) is 3.46. The van der Waals surface area contributed by atoms with Crippen molar-refractivity contribution < 1.29 is 4.79 Å². The van der Waals surface area contributed by atoms with Gasteiger partial charge in [0.15, 0.2) is 0 Å². The minimum Gasteiger partial charge on any atom is -0.365 e. The predicted molar refractivity (Wildman–Crippen MR) is 93.6 cm³/mol. The van der Waals surface area contributed by atoms with E-state index in [1.54, 1.807) is 10.9 Å². The highest BCUT2D eigenvalue weighted by atomic mass is 32.1. The van der Waals surface area contributed by atoms with Gasteiger partial charge in [-0.3, -0.25) is 14.5 Å². The van der Waals surface area contributed by atoms with Gasteiger partial charge >= 0.3 is 0 Å². The summed E-state index contributed by atoms with van der Waals surface area (Å²) >= 11 is 1.10. The van der Waals surface area contributed by atoms with Crippen molar-refractivity contribution >= 4 is 28.3 Å². The van der Waals surface area contributed by atoms with Gasteiger partial charge in [-0.05, 0) is 35.8 Å². The number of amides is 1. The third-order valence-electron chi connectivity index (χ3n) is 3.73. The highest BCUT2D eigenvalue weighted by Gasteiger charge is 2.21. The van der Waals surface area contributed by atoms with Crippen LogP contribution in [-0.4, -0.2) is 25.0 Å². The van der Waals surface area contributed by atoms with Crippen molar-refractivity contribution in [1.29, 1.82) is 0 Å². The second kappa shape index (κ2) is 5.54. The minimum absolute atomic E-state index is 0.412. The monoisotopic (exact) mass is 335 g/mol. The Kier molecular flexibility index (Phi) is 3.35. The van der Waals surface area contributed by atoms with E-state index in [2.05, 4.69) is 14.5 Å². The number of benzene rings is 1. The first-order valence-corrected chi connectivity index (χ1v) is 8.05. The number of rotatable bonds is 3. The van der Waals surface area contributed by atoms with Gasteiger partial charge in [0.25, 0.3) is 5.91 Å². The smallest absolute Gasteiger partial charge is 0.261 e. The van der Waals surface area contributed by atoms with Gasteiger partial charge in [0.1, 0.15) is 4.88 Å². The molecule has 0 fully saturated rings. The van der Waals surface area contributed by atoms with Crippen LogP contribution in [0, 0.1) is 0 Å². The van der Waals surface area contributed by atoms with Crippen molar-refractivity contribution in [1.82, 2.24) is 19.1 Å². The summed E-state index contributed by atoms with van der Waals surface area (Å²) in [5.41, 5.74) is 9.40. The third-order valence-corrected chi connectivity index (χ3v) is 4.59. The fourth-order valence-electron chi connectivity index (χ4n) is 2.70. The largest absolute Gasteiger partial charge is 0.365 e. The number of hydrogen-bond acceptors (Lipinski definition) is 5. The van der Waals surface area contributed by atoms with Crippen LogP contribution in [0.2, 0.25) is 0 Å². The lowest BCUT2D eigenvalue weighted by molar-refractivity contribution is 0.100. The van der Waals surface area contributed by atoms with Crippen LogP contribution in [0.3, 0.4) is 0 Å². The Morgan fingerprint density at radius 3 is 2.88 bits per heavy atom. The summed E-state index contributed by atoms with van der Waals surface area (Å²) in [6.45, 7) is 0. The van der Waals surface area contributed by atoms with Crippen LogP contribution < -0.4 is 5.73 Å². The van der Waals surface area contributed by atoms with Gasteiger partial charge in [-0.25, -0.2) is 0 Å². The molecule has 4 aromatic rings. The number of carbonyl (C=O) groups excluding carboxylic acids is 1. The molecule has 3 aromatic heterocycles. The van der Waals surface area contributed by atoms with Crippen LogP contribution in [0.4, 0.5) is 0 Å². The molecule has 6 nitrogen and oxygen atoms in total. The summed E-state index contributed by atoms with van der Waals surface area (Å²) in [5, 5.41) is 5.38. The lowest BCUT2D eigenvalue weighted by Crippen LogP contribution is -2.10. The molecule has 0 aliphatic heterocycles. The van der Waals surface area contributed by atoms with Crippen molar-refractivity contribution in [3.63, 3.8) is 0 Å². The van der Waals surface area contributed by atoms with Crippen LogP contribution in [0.1, 0.15) is 9.67 Å². The zero-order valence-electron chi connectivity index (χ0n) is 12.8. The summed E-state index contributed by atoms with van der Waals surface area (Å²) in [6, 6.07) is 11.4. The molecule has 0 radical (unpaired) electrons. The first-order chi connectivity index (χ1) is 11.6. The van der Waals surface area contributed by atoms with Crippen molar-refractivity contribution in [3.8, 4) is 22.5 Å². The number of aryl methyl sites for hydroxylation is 1. The van der Waals surface area contributed by atoms with E-state index in [4.69, 9.17) is 5.73 Å². The second-order valence-electron chi connectivity index (χ2n) is 5.39. The van der Waals surface area contributed by atoms with Gasteiger partial charge in [0, 0.05) is 30.4 Å². The number of hydrogen-bond donors (Lipinski definition) is 1. The number of fused-ring (bicyclic) bond motifs is 1. The Balaban J connectivity index is 1.95. The maximum Gasteiger partial charge on any atom is 0.261 e. The lowest BCUT2D eigenvalue weighted by atomic mass is 10.0. The quantitative estimate of drug-likeness (QED) is 0.624. The summed E-state index contributed by atoms with van der Waals surface area (Å²) < 4.78 is 6.24. The number of aromatic nitrogens is 4. The standard InChI is InChI=1S/C17H13N5OS/c1-22-9-11-8-10(5-6-12(11)20-22)15-14(13-4-2-3-7-19-13)16(17(18)23)24-21-15/h2-9H,1H3,(H2,18,23). The molecule has 0 saturated heterocycles. The molecule has 0 saturated carbocycles. The minimum atomic E-state index is -0.498. The van der Waals surface area contributed by atoms with E-state index in [9.17, 15) is 4.79 Å². The zero-order valence-corrected chi connectivity index (χ0v) is 13.6. The fraction of sp³-hybridized carbons (Fsp3) is 0.0588. The molecule has 1 aromatic carbocycles. The molecule has 0 spiro atoms. The predicted octanol–water partition coefficient (Wildman–Crippen LogP) is 2.86. The first-order valence-electron chi connectivity index (χ1n) is 7.28. The average molecular weight is 335 g/mol. The summed E-state index contributed by atoms with van der Waals surface area (Å²) in [6.07, 6.45) is 3.63. The Bertz CT molecular complexity index is 1050. The molecule has 0 atom stereocenters. The summed E-state index contributed by atoms with van der Waals surface area (Å²) in [7, 11) is 1.88. The molecule has 1 amide bonds. The highest BCUT2D eigenvalue weighted by molar-refractivity contribution is 7.09. The van der Waals surface area contributed by atoms with Crippen molar-refractivity contribution in [2.75, 3.05) is 0 Å². The van der Waals surface area contributed by atoms with Gasteiger partial charge in [-0.1, -0.05) is 12.1 Å². The van der Waals surface area contributed by atoms with Crippen LogP contribution in [-0.2, 0) is 7.05 Å². The molecule has 0 aliphatic rings. The molecule has 7 heteroatoms. The number of nitrogens with two attached hydrogens (primary N) is 1. The first kappa shape index (κ1) is 14.5. The van der Waals surface area contributed by atoms with Gasteiger partial charge in [-0.2, -0.15) is 9.47 Å². The van der Waals surface area contributed by atoms with E-state index >= 15 is 0 Å². The van der Waals surface area contributed by atoms with E-state index in [0.717, 1.165) is 28.0 Å². The molecule has 24 heavy (non-hydrogen) atoms. The van der Waals surface area contributed by atoms with Crippen LogP contribution in [0.15, 0.2) is 48.8 Å². The van der Waals surface area contributed by atoms with Gasteiger partial charge in [-0.15, -0.1) is 0 Å². The second-order valence-corrected chi connectivity index (χ2v) is 6.16. The number of primary amides is 1. The van der Waals surface area contributed by atoms with Crippen molar-refractivity contribution in [3.05, 3.63) is 53.7 Å². The molecule has 4 rings (SSSR count). The van der Waals surface area contributed by atoms with Gasteiger partial charge < -0.3 is 5.73 Å². The maximum absolute atomic E-state index is 11.8. The number of pyridine rings is 1. The molecule has 3 heterocycles. The van der Waals surface area contributed by atoms with E-state index in [-0.39, 0.29) is 0 Å². The molecule has 0 bridgehead atoms. The molecule has 0 aliphatic carbocycles. The van der Waals surface area contributed by atoms with E-state index < -0.39 is 5.91 Å². The van der Waals surface area contributed by atoms with E-state index in [1.807, 2.05) is 49.6 Å². The molecule has 2 N–H and O–H groups in total. The van der Waals surface area contributed by atoms with Crippen molar-refractivity contribution in [2.24, 2.45) is 12.8 Å². The third kappa shape index (κ3) is 2.35. The topological polar surface area (TPSA) is 86.7 Å². The Hall–Kier alpha value is -3.06. The number of carbonyl (C=O) groups is 1. The Morgan fingerprint density at radius 2 is 2.12 bits per heavy atom. The van der Waals surface area contributed by atoms with Crippen LogP contribution >= 0.6 is 11.5 Å². The van der Waals surface area contributed by atoms with Crippen LogP contribution in [0.5, 0.6) is 0 Å². The molecule has 118 valence electrons.